The van der Waals surface area contributed by atoms with Gasteiger partial charge in [-0.1, -0.05) is 45.0 Å². The second-order valence-electron chi connectivity index (χ2n) is 8.39. The number of aromatic nitrogens is 1. The van der Waals surface area contributed by atoms with Crippen molar-refractivity contribution in [1.29, 1.82) is 0 Å². The molecule has 14 heteroatoms. The second kappa shape index (κ2) is 11.0. The van der Waals surface area contributed by atoms with Crippen LogP contribution in [-0.4, -0.2) is 47.8 Å². The summed E-state index contributed by atoms with van der Waals surface area (Å²) >= 11 is 5.62. The van der Waals surface area contributed by atoms with E-state index in [0.29, 0.717) is 28.6 Å². The lowest BCUT2D eigenvalue weighted by molar-refractivity contribution is -0.380. The molecule has 0 bridgehead atoms. The molecule has 38 heavy (non-hydrogen) atoms. The molecule has 10 nitrogen and oxygen atoms in total. The van der Waals surface area contributed by atoms with Crippen molar-refractivity contribution in [3.63, 3.8) is 0 Å². The Bertz CT molecular complexity index is 1640. The molecule has 0 N–H and O–H groups in total. The van der Waals surface area contributed by atoms with E-state index in [0.717, 1.165) is 44.8 Å². The zero-order valence-corrected chi connectivity index (χ0v) is 23.7. The van der Waals surface area contributed by atoms with E-state index in [4.69, 9.17) is 0 Å². The first kappa shape index (κ1) is 26.6. The summed E-state index contributed by atoms with van der Waals surface area (Å²) in [4.78, 5) is 29.3. The van der Waals surface area contributed by atoms with Gasteiger partial charge in [0.2, 0.25) is 15.2 Å². The molecule has 0 saturated carbocycles. The van der Waals surface area contributed by atoms with Gasteiger partial charge in [0, 0.05) is 29.2 Å². The quantitative estimate of drug-likeness (QED) is 0.142. The van der Waals surface area contributed by atoms with Gasteiger partial charge in [0.25, 0.3) is 5.91 Å². The third-order valence-corrected chi connectivity index (χ3v) is 10.2. The van der Waals surface area contributed by atoms with Crippen LogP contribution >= 0.6 is 38.6 Å². The van der Waals surface area contributed by atoms with E-state index in [2.05, 4.69) is 26.0 Å². The largest absolute Gasteiger partial charge is 0.324 e. The van der Waals surface area contributed by atoms with E-state index in [1.807, 2.05) is 18.2 Å². The van der Waals surface area contributed by atoms with Gasteiger partial charge in [-0.3, -0.25) is 14.9 Å². The monoisotopic (exact) mass is 633 g/mol. The van der Waals surface area contributed by atoms with Crippen molar-refractivity contribution in [2.24, 2.45) is 5.10 Å². The van der Waals surface area contributed by atoms with Gasteiger partial charge in [-0.15, -0.1) is 0 Å². The van der Waals surface area contributed by atoms with Gasteiger partial charge in [0.15, 0.2) is 0 Å². The second-order valence-corrected chi connectivity index (χ2v) is 13.3. The number of hydrogen-bond donors (Lipinski definition) is 0. The molecule has 0 aliphatic carbocycles. The molecule has 0 radical (unpaired) electrons. The number of anilines is 1. The smallest absolute Gasteiger partial charge is 0.267 e. The van der Waals surface area contributed by atoms with Gasteiger partial charge in [0.1, 0.15) is 0 Å². The number of thiophene rings is 1. The van der Waals surface area contributed by atoms with Gasteiger partial charge in [0.05, 0.1) is 31.1 Å². The third-order valence-electron chi connectivity index (χ3n) is 5.86. The van der Waals surface area contributed by atoms with Crippen molar-refractivity contribution in [2.75, 3.05) is 18.1 Å². The lowest BCUT2D eigenvalue weighted by atomic mass is 10.2. The van der Waals surface area contributed by atoms with Gasteiger partial charge < -0.3 is 0 Å². The average Bonchev–Trinajstić information content (AvgIpc) is 3.56. The first-order valence-corrected chi connectivity index (χ1v) is 15.4. The van der Waals surface area contributed by atoms with Crippen LogP contribution in [0.1, 0.15) is 34.5 Å². The molecular formula is C24H20BrN5O5S3. The number of amides is 1. The van der Waals surface area contributed by atoms with Crippen molar-refractivity contribution in [3.8, 4) is 0 Å². The summed E-state index contributed by atoms with van der Waals surface area (Å²) < 4.78 is 29.2. The van der Waals surface area contributed by atoms with Crippen molar-refractivity contribution in [2.45, 2.75) is 24.2 Å². The van der Waals surface area contributed by atoms with E-state index in [1.54, 1.807) is 6.07 Å². The molecule has 196 valence electrons. The minimum atomic E-state index is -3.64. The molecule has 2 aromatic heterocycles. The topological polar surface area (TPSA) is 126 Å². The summed E-state index contributed by atoms with van der Waals surface area (Å²) in [6.07, 6.45) is 4.04. The van der Waals surface area contributed by atoms with Crippen LogP contribution in [0.15, 0.2) is 69.1 Å². The number of sulfonamides is 1. The molecule has 1 aliphatic rings. The summed E-state index contributed by atoms with van der Waals surface area (Å²) in [5.41, 5.74) is 0.897. The predicted octanol–water partition coefficient (Wildman–Crippen LogP) is 5.88. The number of piperidine rings is 1. The van der Waals surface area contributed by atoms with Crippen LogP contribution in [0, 0.1) is 10.1 Å². The van der Waals surface area contributed by atoms with Crippen molar-refractivity contribution in [3.05, 3.63) is 79.6 Å². The molecule has 3 heterocycles. The normalized spacial score (nSPS) is 14.8. The number of hydrogen-bond acceptors (Lipinski definition) is 9. The Morgan fingerprint density at radius 3 is 2.50 bits per heavy atom. The highest BCUT2D eigenvalue weighted by Gasteiger charge is 2.27. The zero-order chi connectivity index (χ0) is 26.9. The number of benzene rings is 2. The Morgan fingerprint density at radius 1 is 1.08 bits per heavy atom. The van der Waals surface area contributed by atoms with Crippen LogP contribution in [-0.2, 0) is 10.0 Å². The van der Waals surface area contributed by atoms with Crippen LogP contribution in [0.3, 0.4) is 0 Å². The van der Waals surface area contributed by atoms with Crippen LogP contribution in [0.5, 0.6) is 0 Å². The van der Waals surface area contributed by atoms with Crippen molar-refractivity contribution in [1.82, 2.24) is 9.29 Å². The summed E-state index contributed by atoms with van der Waals surface area (Å²) in [5, 5.41) is 16.8. The number of halogens is 1. The third kappa shape index (κ3) is 5.54. The average molecular weight is 635 g/mol. The summed E-state index contributed by atoms with van der Waals surface area (Å²) in [6.45, 7) is 0.972. The fourth-order valence-corrected chi connectivity index (χ4v) is 7.62. The van der Waals surface area contributed by atoms with Crippen LogP contribution < -0.4 is 5.01 Å². The maximum Gasteiger partial charge on any atom is 0.324 e. The first-order valence-electron chi connectivity index (χ1n) is 11.5. The molecule has 4 aromatic rings. The first-order chi connectivity index (χ1) is 18.2. The maximum absolute atomic E-state index is 13.6. The Labute approximate surface area is 234 Å². The number of carbonyl (C=O) groups excluding carboxylic acids is 1. The van der Waals surface area contributed by atoms with E-state index >= 15 is 0 Å². The van der Waals surface area contributed by atoms with Crippen molar-refractivity contribution >= 4 is 81.1 Å². The van der Waals surface area contributed by atoms with Crippen LogP contribution in [0.2, 0.25) is 0 Å². The Kier molecular flexibility index (Phi) is 7.68. The molecule has 0 unspecified atom stereocenters. The van der Waals surface area contributed by atoms with Gasteiger partial charge in [-0.2, -0.15) is 14.4 Å². The lowest BCUT2D eigenvalue weighted by Crippen LogP contribution is -2.35. The predicted molar refractivity (Wildman–Crippen MR) is 152 cm³/mol. The molecule has 0 spiro atoms. The number of carbonyl (C=O) groups is 1. The van der Waals surface area contributed by atoms with Gasteiger partial charge in [-0.25, -0.2) is 13.4 Å². The van der Waals surface area contributed by atoms with E-state index in [1.165, 1.54) is 52.2 Å². The molecule has 1 fully saturated rings. The summed E-state index contributed by atoms with van der Waals surface area (Å²) in [6, 6.07) is 14.2. The number of rotatable bonds is 7. The van der Waals surface area contributed by atoms with Gasteiger partial charge in [-0.05, 0) is 61.4 Å². The Hall–Kier alpha value is -3.04. The zero-order valence-electron chi connectivity index (χ0n) is 19.7. The highest BCUT2D eigenvalue weighted by molar-refractivity contribution is 9.10. The standard InChI is InChI=1S/C24H20BrN5O5S3/c25-17-6-10-20-21(14-17)37-24(27-20)29(26-15-18-7-11-22(36-18)30(32)33)23(31)16-4-8-19(9-5-16)38(34,35)28-12-2-1-3-13-28/h4-11,14-15H,1-3,12-13H2/b26-15+. The van der Waals surface area contributed by atoms with Crippen LogP contribution in [0.25, 0.3) is 10.2 Å². The van der Waals surface area contributed by atoms with Crippen molar-refractivity contribution < 1.29 is 18.1 Å². The SMILES string of the molecule is O=C(c1ccc(S(=O)(=O)N2CCCCC2)cc1)N(/N=C/c1ccc([N+](=O)[O-])s1)c1nc2ccc(Br)cc2s1. The van der Waals surface area contributed by atoms with E-state index in [9.17, 15) is 23.3 Å². The maximum atomic E-state index is 13.6. The Balaban J connectivity index is 1.47. The fraction of sp³-hybridized carbons (Fsp3) is 0.208. The number of hydrazone groups is 1. The molecular weight excluding hydrogens is 614 g/mol. The summed E-state index contributed by atoms with van der Waals surface area (Å²) in [5.74, 6) is -0.521. The summed E-state index contributed by atoms with van der Waals surface area (Å²) in [7, 11) is -3.64. The fourth-order valence-electron chi connectivity index (χ4n) is 3.94. The van der Waals surface area contributed by atoms with E-state index in [-0.39, 0.29) is 15.5 Å². The number of nitrogens with zero attached hydrogens (tertiary/aromatic N) is 5. The molecule has 0 atom stereocenters. The van der Waals surface area contributed by atoms with Crippen LogP contribution in [0.4, 0.5) is 10.1 Å². The molecule has 1 amide bonds. The minimum Gasteiger partial charge on any atom is -0.267 e. The molecule has 5 rings (SSSR count). The molecule has 2 aromatic carbocycles. The van der Waals surface area contributed by atoms with Gasteiger partial charge >= 0.3 is 5.00 Å². The Morgan fingerprint density at radius 2 is 1.82 bits per heavy atom. The van der Waals surface area contributed by atoms with E-state index < -0.39 is 20.9 Å². The number of nitro groups is 1. The highest BCUT2D eigenvalue weighted by Crippen LogP contribution is 2.32. The highest BCUT2D eigenvalue weighted by atomic mass is 79.9. The number of thiazole rings is 1. The lowest BCUT2D eigenvalue weighted by Gasteiger charge is -2.25. The molecule has 1 aliphatic heterocycles. The minimum absolute atomic E-state index is 0.0420. The molecule has 1 saturated heterocycles. The number of fused-ring (bicyclic) bond motifs is 1.